The lowest BCUT2D eigenvalue weighted by Crippen LogP contribution is -2.17. The largest absolute Gasteiger partial charge is 0.478 e. The van der Waals surface area contributed by atoms with Crippen LogP contribution in [0.2, 0.25) is 0 Å². The highest BCUT2D eigenvalue weighted by Gasteiger charge is 2.13. The Labute approximate surface area is 121 Å². The van der Waals surface area contributed by atoms with E-state index in [1.807, 2.05) is 6.92 Å². The summed E-state index contributed by atoms with van der Waals surface area (Å²) in [5.74, 6) is -2.83. The minimum absolute atomic E-state index is 0.00625. The van der Waals surface area contributed by atoms with Crippen LogP contribution in [0.15, 0.2) is 18.2 Å². The number of carbonyl (C=O) groups is 3. The molecule has 5 N–H and O–H groups in total. The number of nitrogens with two attached hydrogens (primary N) is 1. The van der Waals surface area contributed by atoms with Gasteiger partial charge in [0.1, 0.15) is 0 Å². The number of rotatable bonds is 7. The molecule has 0 aliphatic carbocycles. The number of hydrogen-bond donors (Lipinski definition) is 4. The highest BCUT2D eigenvalue weighted by atomic mass is 16.4. The first-order valence-corrected chi connectivity index (χ1v) is 6.46. The van der Waals surface area contributed by atoms with Gasteiger partial charge in [0.25, 0.3) is 0 Å². The molecule has 0 bridgehead atoms. The van der Waals surface area contributed by atoms with Crippen molar-refractivity contribution in [3.05, 3.63) is 29.3 Å². The summed E-state index contributed by atoms with van der Waals surface area (Å²) in [5.41, 5.74) is 5.34. The Morgan fingerprint density at radius 3 is 2.10 bits per heavy atom. The van der Waals surface area contributed by atoms with Gasteiger partial charge in [-0.2, -0.15) is 0 Å². The maximum absolute atomic E-state index is 11.7. The predicted molar refractivity (Wildman–Crippen MR) is 76.5 cm³/mol. The van der Waals surface area contributed by atoms with Crippen LogP contribution in [-0.2, 0) is 4.79 Å². The van der Waals surface area contributed by atoms with E-state index in [1.54, 1.807) is 0 Å². The molecule has 0 aliphatic rings. The fourth-order valence-corrected chi connectivity index (χ4v) is 1.75. The topological polar surface area (TPSA) is 130 Å². The van der Waals surface area contributed by atoms with Crippen LogP contribution in [0.4, 0.5) is 5.69 Å². The standard InChI is InChI=1S/C14H18N2O5/c1-8(15)3-2-4-12(17)16-11-6-9(13(18)19)5-10(7-11)14(20)21/h5-8H,2-4,15H2,1H3,(H,16,17)(H,18,19)(H,20,21). The lowest BCUT2D eigenvalue weighted by Gasteiger charge is -2.08. The van der Waals surface area contributed by atoms with E-state index >= 15 is 0 Å². The summed E-state index contributed by atoms with van der Waals surface area (Å²) in [5, 5.41) is 20.4. The zero-order chi connectivity index (χ0) is 16.0. The van der Waals surface area contributed by atoms with Crippen LogP contribution in [0.5, 0.6) is 0 Å². The molecular formula is C14H18N2O5. The van der Waals surface area contributed by atoms with Gasteiger partial charge in [-0.15, -0.1) is 0 Å². The summed E-state index contributed by atoms with van der Waals surface area (Å²) in [6.45, 7) is 1.84. The van der Waals surface area contributed by atoms with E-state index in [4.69, 9.17) is 15.9 Å². The minimum Gasteiger partial charge on any atom is -0.478 e. The smallest absolute Gasteiger partial charge is 0.335 e. The first-order valence-electron chi connectivity index (χ1n) is 6.46. The molecule has 7 heteroatoms. The van der Waals surface area contributed by atoms with Gasteiger partial charge in [0.05, 0.1) is 11.1 Å². The Bertz CT molecular complexity index is 522. The molecule has 1 atom stereocenters. The molecule has 1 unspecified atom stereocenters. The number of nitrogens with one attached hydrogen (secondary N) is 1. The van der Waals surface area contributed by atoms with E-state index in [0.717, 1.165) is 6.07 Å². The van der Waals surface area contributed by atoms with Gasteiger partial charge in [0.2, 0.25) is 5.91 Å². The van der Waals surface area contributed by atoms with Crippen LogP contribution < -0.4 is 11.1 Å². The first kappa shape index (κ1) is 16.6. The number of amides is 1. The average Bonchev–Trinajstić information content (AvgIpc) is 2.37. The molecule has 0 fully saturated rings. The van der Waals surface area contributed by atoms with E-state index in [1.165, 1.54) is 12.1 Å². The van der Waals surface area contributed by atoms with Crippen molar-refractivity contribution >= 4 is 23.5 Å². The molecule has 1 aromatic carbocycles. The van der Waals surface area contributed by atoms with Gasteiger partial charge in [-0.25, -0.2) is 9.59 Å². The van der Waals surface area contributed by atoms with Crippen LogP contribution in [-0.4, -0.2) is 34.1 Å². The molecule has 0 radical (unpaired) electrons. The van der Waals surface area contributed by atoms with Gasteiger partial charge in [-0.05, 0) is 38.0 Å². The van der Waals surface area contributed by atoms with Gasteiger partial charge >= 0.3 is 11.9 Å². The fraction of sp³-hybridized carbons (Fsp3) is 0.357. The average molecular weight is 294 g/mol. The van der Waals surface area contributed by atoms with Gasteiger partial charge in [0.15, 0.2) is 0 Å². The highest BCUT2D eigenvalue weighted by Crippen LogP contribution is 2.16. The fourth-order valence-electron chi connectivity index (χ4n) is 1.75. The Kier molecular flexibility index (Phi) is 5.86. The van der Waals surface area contributed by atoms with Gasteiger partial charge in [-0.1, -0.05) is 0 Å². The molecule has 1 aromatic rings. The number of anilines is 1. The van der Waals surface area contributed by atoms with Crippen molar-refractivity contribution in [2.24, 2.45) is 5.73 Å². The molecule has 114 valence electrons. The predicted octanol–water partition coefficient (Wildman–Crippen LogP) is 1.54. The van der Waals surface area contributed by atoms with E-state index in [0.29, 0.717) is 12.8 Å². The van der Waals surface area contributed by atoms with Crippen LogP contribution in [0.3, 0.4) is 0 Å². The molecule has 1 amide bonds. The SMILES string of the molecule is CC(N)CCCC(=O)Nc1cc(C(=O)O)cc(C(=O)O)c1. The van der Waals surface area contributed by atoms with Crippen LogP contribution in [0, 0.1) is 0 Å². The molecule has 0 saturated heterocycles. The van der Waals surface area contributed by atoms with E-state index in [2.05, 4.69) is 5.32 Å². The molecule has 0 heterocycles. The third-order valence-corrected chi connectivity index (χ3v) is 2.77. The van der Waals surface area contributed by atoms with Crippen LogP contribution in [0.25, 0.3) is 0 Å². The van der Waals surface area contributed by atoms with E-state index in [9.17, 15) is 14.4 Å². The number of carboxylic acids is 2. The second kappa shape index (κ2) is 7.39. The molecule has 0 saturated carbocycles. The second-order valence-electron chi connectivity index (χ2n) is 4.83. The summed E-state index contributed by atoms with van der Waals surface area (Å²) in [7, 11) is 0. The van der Waals surface area contributed by atoms with Crippen LogP contribution in [0.1, 0.15) is 46.9 Å². The highest BCUT2D eigenvalue weighted by molar-refractivity contribution is 5.98. The summed E-state index contributed by atoms with van der Waals surface area (Å²) in [6.07, 6.45) is 1.54. The van der Waals surface area contributed by atoms with Crippen molar-refractivity contribution in [2.75, 3.05) is 5.32 Å². The third-order valence-electron chi connectivity index (χ3n) is 2.77. The lowest BCUT2D eigenvalue weighted by molar-refractivity contribution is -0.116. The van der Waals surface area contributed by atoms with Crippen molar-refractivity contribution in [1.82, 2.24) is 0 Å². The molecule has 0 aliphatic heterocycles. The normalized spacial score (nSPS) is 11.7. The molecule has 7 nitrogen and oxygen atoms in total. The number of carboxylic acid groups (broad SMARTS) is 2. The molecule has 0 spiro atoms. The summed E-state index contributed by atoms with van der Waals surface area (Å²) in [6, 6.07) is 3.49. The quantitative estimate of drug-likeness (QED) is 0.603. The van der Waals surface area contributed by atoms with Crippen molar-refractivity contribution in [2.45, 2.75) is 32.2 Å². The van der Waals surface area contributed by atoms with Crippen molar-refractivity contribution in [3.63, 3.8) is 0 Å². The monoisotopic (exact) mass is 294 g/mol. The summed E-state index contributed by atoms with van der Waals surface area (Å²) in [4.78, 5) is 33.6. The zero-order valence-corrected chi connectivity index (χ0v) is 11.6. The maximum Gasteiger partial charge on any atom is 0.335 e. The van der Waals surface area contributed by atoms with Gasteiger partial charge in [-0.3, -0.25) is 4.79 Å². The summed E-state index contributed by atoms with van der Waals surface area (Å²) >= 11 is 0. The van der Waals surface area contributed by atoms with Crippen molar-refractivity contribution in [3.8, 4) is 0 Å². The maximum atomic E-state index is 11.7. The Morgan fingerprint density at radius 2 is 1.67 bits per heavy atom. The molecule has 21 heavy (non-hydrogen) atoms. The Balaban J connectivity index is 2.80. The zero-order valence-electron chi connectivity index (χ0n) is 11.6. The Hall–Kier alpha value is -2.41. The first-order chi connectivity index (χ1) is 9.79. The van der Waals surface area contributed by atoms with Crippen LogP contribution >= 0.6 is 0 Å². The van der Waals surface area contributed by atoms with E-state index < -0.39 is 11.9 Å². The molecule has 1 rings (SSSR count). The van der Waals surface area contributed by atoms with E-state index in [-0.39, 0.29) is 35.2 Å². The number of aromatic carboxylic acids is 2. The molecule has 0 aromatic heterocycles. The number of benzene rings is 1. The lowest BCUT2D eigenvalue weighted by atomic mass is 10.1. The summed E-state index contributed by atoms with van der Waals surface area (Å²) < 4.78 is 0. The third kappa shape index (κ3) is 5.62. The number of carbonyl (C=O) groups excluding carboxylic acids is 1. The van der Waals surface area contributed by atoms with Crippen molar-refractivity contribution < 1.29 is 24.6 Å². The minimum atomic E-state index is -1.26. The number of hydrogen-bond acceptors (Lipinski definition) is 4. The van der Waals surface area contributed by atoms with Gasteiger partial charge in [0, 0.05) is 18.2 Å². The van der Waals surface area contributed by atoms with Gasteiger partial charge < -0.3 is 21.3 Å². The Morgan fingerprint density at radius 1 is 1.14 bits per heavy atom. The molecular weight excluding hydrogens is 276 g/mol. The van der Waals surface area contributed by atoms with Crippen molar-refractivity contribution in [1.29, 1.82) is 0 Å². The second-order valence-corrected chi connectivity index (χ2v) is 4.83.